The lowest BCUT2D eigenvalue weighted by molar-refractivity contribution is 0.0727. The summed E-state index contributed by atoms with van der Waals surface area (Å²) in [5.74, 6) is 0.771. The first kappa shape index (κ1) is 11.9. The molecule has 17 heavy (non-hydrogen) atoms. The first-order valence-corrected chi connectivity index (χ1v) is 5.84. The van der Waals surface area contributed by atoms with E-state index < -0.39 is 0 Å². The number of nitrogens with zero attached hydrogens (tertiary/aromatic N) is 1. The summed E-state index contributed by atoms with van der Waals surface area (Å²) in [6, 6.07) is 5.54. The van der Waals surface area contributed by atoms with Crippen LogP contribution < -0.4 is 4.74 Å². The number of hydrogen-bond acceptors (Lipinski definition) is 3. The zero-order valence-electron chi connectivity index (χ0n) is 9.98. The molecule has 1 heterocycles. The summed E-state index contributed by atoms with van der Waals surface area (Å²) >= 11 is 0. The summed E-state index contributed by atoms with van der Waals surface area (Å²) in [5, 5.41) is 8.96. The van der Waals surface area contributed by atoms with E-state index in [1.807, 2.05) is 18.2 Å². The normalized spacial score (nSPS) is 15.4. The molecule has 0 saturated carbocycles. The molecule has 0 unspecified atom stereocenters. The second-order valence-electron chi connectivity index (χ2n) is 4.11. The molecule has 92 valence electrons. The van der Waals surface area contributed by atoms with Crippen molar-refractivity contribution in [2.75, 3.05) is 26.8 Å². The molecule has 0 aromatic heterocycles. The lowest BCUT2D eigenvalue weighted by Crippen LogP contribution is -2.33. The van der Waals surface area contributed by atoms with Crippen LogP contribution in [0.2, 0.25) is 0 Å². The number of amides is 1. The lowest BCUT2D eigenvalue weighted by Gasteiger charge is -2.19. The Morgan fingerprint density at radius 2 is 2.29 bits per heavy atom. The molecule has 0 spiro atoms. The highest BCUT2D eigenvalue weighted by Gasteiger charge is 2.23. The second kappa shape index (κ2) is 5.19. The maximum Gasteiger partial charge on any atom is 0.254 e. The molecule has 1 aromatic carbocycles. The number of methoxy groups -OCH3 is 1. The molecular formula is C13H17NO3. The average molecular weight is 235 g/mol. The van der Waals surface area contributed by atoms with Crippen molar-refractivity contribution in [2.24, 2.45) is 0 Å². The summed E-state index contributed by atoms with van der Waals surface area (Å²) in [7, 11) is 1.62. The molecule has 1 aromatic rings. The Morgan fingerprint density at radius 1 is 1.47 bits per heavy atom. The maximum atomic E-state index is 12.3. The number of hydrogen-bond donors (Lipinski definition) is 1. The minimum atomic E-state index is -0.00884. The van der Waals surface area contributed by atoms with E-state index in [4.69, 9.17) is 9.84 Å². The fourth-order valence-electron chi connectivity index (χ4n) is 2.27. The predicted molar refractivity (Wildman–Crippen MR) is 64.3 cm³/mol. The highest BCUT2D eigenvalue weighted by atomic mass is 16.5. The van der Waals surface area contributed by atoms with Crippen molar-refractivity contribution < 1.29 is 14.6 Å². The first-order valence-electron chi connectivity index (χ1n) is 5.84. The molecule has 0 saturated heterocycles. The van der Waals surface area contributed by atoms with E-state index >= 15 is 0 Å². The van der Waals surface area contributed by atoms with Crippen LogP contribution in [0.15, 0.2) is 18.2 Å². The number of benzene rings is 1. The highest BCUT2D eigenvalue weighted by Crippen LogP contribution is 2.27. The Hall–Kier alpha value is -1.55. The molecule has 0 fully saturated rings. The smallest absolute Gasteiger partial charge is 0.254 e. The number of carbonyl (C=O) groups is 1. The van der Waals surface area contributed by atoms with Gasteiger partial charge in [-0.25, -0.2) is 0 Å². The molecule has 1 aliphatic heterocycles. The standard InChI is InChI=1S/C13H17NO3/c1-17-12-6-2-4-11-10(12)5-3-7-14(8-9-15)13(11)16/h2,4,6,15H,3,5,7-9H2,1H3. The molecule has 1 amide bonds. The van der Waals surface area contributed by atoms with Crippen molar-refractivity contribution >= 4 is 5.91 Å². The van der Waals surface area contributed by atoms with Gasteiger partial charge < -0.3 is 14.7 Å². The maximum absolute atomic E-state index is 12.3. The van der Waals surface area contributed by atoms with Gasteiger partial charge in [-0.2, -0.15) is 0 Å². The number of β-amino-alcohol motifs (C(OH)–C–C–N with tert-alkyl or cyclic N) is 1. The molecular weight excluding hydrogens is 218 g/mol. The van der Waals surface area contributed by atoms with Crippen LogP contribution >= 0.6 is 0 Å². The van der Waals surface area contributed by atoms with Gasteiger partial charge in [0.2, 0.25) is 0 Å². The first-order chi connectivity index (χ1) is 8.27. The molecule has 1 N–H and O–H groups in total. The van der Waals surface area contributed by atoms with Gasteiger partial charge in [0.05, 0.1) is 13.7 Å². The van der Waals surface area contributed by atoms with Gasteiger partial charge in [0.1, 0.15) is 5.75 Å². The second-order valence-corrected chi connectivity index (χ2v) is 4.11. The van der Waals surface area contributed by atoms with Crippen LogP contribution in [0, 0.1) is 0 Å². The fraction of sp³-hybridized carbons (Fsp3) is 0.462. The van der Waals surface area contributed by atoms with E-state index in [1.165, 1.54) is 0 Å². The summed E-state index contributed by atoms with van der Waals surface area (Å²) in [5.41, 5.74) is 1.69. The van der Waals surface area contributed by atoms with Gasteiger partial charge in [0, 0.05) is 24.2 Å². The molecule has 2 rings (SSSR count). The van der Waals surface area contributed by atoms with Gasteiger partial charge >= 0.3 is 0 Å². The average Bonchev–Trinajstić information content (AvgIpc) is 2.51. The largest absolute Gasteiger partial charge is 0.496 e. The number of rotatable bonds is 3. The van der Waals surface area contributed by atoms with Crippen molar-refractivity contribution in [1.82, 2.24) is 4.90 Å². The minimum Gasteiger partial charge on any atom is -0.496 e. The lowest BCUT2D eigenvalue weighted by atomic mass is 10.0. The Morgan fingerprint density at radius 3 is 3.00 bits per heavy atom. The quantitative estimate of drug-likeness (QED) is 0.852. The van der Waals surface area contributed by atoms with Gasteiger partial charge in [-0.3, -0.25) is 4.79 Å². The molecule has 0 aliphatic carbocycles. The summed E-state index contributed by atoms with van der Waals surface area (Å²) in [6.07, 6.45) is 1.74. The molecule has 1 aliphatic rings. The van der Waals surface area contributed by atoms with Crippen LogP contribution in [0.3, 0.4) is 0 Å². The van der Waals surface area contributed by atoms with Crippen LogP contribution in [-0.2, 0) is 6.42 Å². The number of fused-ring (bicyclic) bond motifs is 1. The van der Waals surface area contributed by atoms with Crippen LogP contribution in [0.25, 0.3) is 0 Å². The summed E-state index contributed by atoms with van der Waals surface area (Å²) in [4.78, 5) is 14.0. The van der Waals surface area contributed by atoms with Gasteiger partial charge in [-0.05, 0) is 25.0 Å². The number of aliphatic hydroxyl groups is 1. The van der Waals surface area contributed by atoms with E-state index in [0.717, 1.165) is 24.2 Å². The zero-order chi connectivity index (χ0) is 12.3. The van der Waals surface area contributed by atoms with Gasteiger partial charge in [0.15, 0.2) is 0 Å². The van der Waals surface area contributed by atoms with E-state index in [-0.39, 0.29) is 12.5 Å². The Balaban J connectivity index is 2.38. The van der Waals surface area contributed by atoms with Crippen molar-refractivity contribution in [3.8, 4) is 5.75 Å². The van der Waals surface area contributed by atoms with Crippen LogP contribution in [-0.4, -0.2) is 42.7 Å². The third kappa shape index (κ3) is 2.26. The fourth-order valence-corrected chi connectivity index (χ4v) is 2.27. The van der Waals surface area contributed by atoms with Gasteiger partial charge in [-0.15, -0.1) is 0 Å². The molecule has 0 radical (unpaired) electrons. The van der Waals surface area contributed by atoms with E-state index in [0.29, 0.717) is 18.7 Å². The van der Waals surface area contributed by atoms with Crippen molar-refractivity contribution in [3.05, 3.63) is 29.3 Å². The van der Waals surface area contributed by atoms with Crippen molar-refractivity contribution in [3.63, 3.8) is 0 Å². The molecule has 4 nitrogen and oxygen atoms in total. The molecule has 0 bridgehead atoms. The van der Waals surface area contributed by atoms with Gasteiger partial charge in [-0.1, -0.05) is 6.07 Å². The summed E-state index contributed by atoms with van der Waals surface area (Å²) < 4.78 is 5.29. The van der Waals surface area contributed by atoms with Gasteiger partial charge in [0.25, 0.3) is 5.91 Å². The third-order valence-corrected chi connectivity index (χ3v) is 3.10. The SMILES string of the molecule is COc1cccc2c1CCCN(CCO)C2=O. The third-order valence-electron chi connectivity index (χ3n) is 3.10. The number of carbonyl (C=O) groups excluding carboxylic acids is 1. The van der Waals surface area contributed by atoms with E-state index in [1.54, 1.807) is 12.0 Å². The predicted octanol–water partition coefficient (Wildman–Crippen LogP) is 1.08. The molecule has 4 heteroatoms. The Labute approximate surface area is 101 Å². The zero-order valence-corrected chi connectivity index (χ0v) is 9.98. The monoisotopic (exact) mass is 235 g/mol. The molecule has 0 atom stereocenters. The Bertz CT molecular complexity index is 417. The Kier molecular flexibility index (Phi) is 3.64. The van der Waals surface area contributed by atoms with Crippen molar-refractivity contribution in [2.45, 2.75) is 12.8 Å². The highest BCUT2D eigenvalue weighted by molar-refractivity contribution is 5.96. The number of ether oxygens (including phenoxy) is 1. The van der Waals surface area contributed by atoms with Crippen LogP contribution in [0.4, 0.5) is 0 Å². The topological polar surface area (TPSA) is 49.8 Å². The van der Waals surface area contributed by atoms with Crippen molar-refractivity contribution in [1.29, 1.82) is 0 Å². The minimum absolute atomic E-state index is 0.00500. The van der Waals surface area contributed by atoms with Crippen LogP contribution in [0.1, 0.15) is 22.3 Å². The summed E-state index contributed by atoms with van der Waals surface area (Å²) in [6.45, 7) is 1.09. The van der Waals surface area contributed by atoms with Crippen LogP contribution in [0.5, 0.6) is 5.75 Å². The number of aliphatic hydroxyl groups excluding tert-OH is 1. The van der Waals surface area contributed by atoms with E-state index in [2.05, 4.69) is 0 Å². The van der Waals surface area contributed by atoms with E-state index in [9.17, 15) is 4.79 Å².